The van der Waals surface area contributed by atoms with Crippen LogP contribution in [-0.4, -0.2) is 24.2 Å². The molecule has 0 unspecified atom stereocenters. The van der Waals surface area contributed by atoms with Gasteiger partial charge in [-0.2, -0.15) is 0 Å². The van der Waals surface area contributed by atoms with Gasteiger partial charge in [0.15, 0.2) is 0 Å². The van der Waals surface area contributed by atoms with Crippen LogP contribution in [0.15, 0.2) is 12.1 Å². The van der Waals surface area contributed by atoms with Crippen molar-refractivity contribution in [3.63, 3.8) is 0 Å². The summed E-state index contributed by atoms with van der Waals surface area (Å²) in [6.45, 7) is 8.47. The van der Waals surface area contributed by atoms with Crippen molar-refractivity contribution < 1.29 is 14.1 Å². The van der Waals surface area contributed by atoms with Gasteiger partial charge < -0.3 is 14.6 Å². The zero-order chi connectivity index (χ0) is 14.7. The third kappa shape index (κ3) is 1.96. The number of nitrogens with one attached hydrogen (secondary N) is 1. The molecule has 1 fully saturated rings. The maximum absolute atomic E-state index is 11.8. The van der Waals surface area contributed by atoms with Gasteiger partial charge in [-0.25, -0.2) is 0 Å². The monoisotopic (exact) mass is 293 g/mol. The molecule has 106 valence electrons. The molecule has 0 aliphatic carbocycles. The van der Waals surface area contributed by atoms with Crippen molar-refractivity contribution in [2.75, 3.05) is 0 Å². The summed E-state index contributed by atoms with van der Waals surface area (Å²) in [6.07, 6.45) is 0. The van der Waals surface area contributed by atoms with Crippen LogP contribution < -0.4 is 10.8 Å². The minimum Gasteiger partial charge on any atom is -0.399 e. The Balaban J connectivity index is 2.01. The van der Waals surface area contributed by atoms with Gasteiger partial charge in [0.25, 0.3) is 5.91 Å². The van der Waals surface area contributed by atoms with Crippen molar-refractivity contribution in [3.8, 4) is 0 Å². The lowest BCUT2D eigenvalue weighted by Gasteiger charge is -2.32. The Morgan fingerprint density at radius 3 is 2.40 bits per heavy atom. The summed E-state index contributed by atoms with van der Waals surface area (Å²) in [5.74, 6) is -0.0746. The molecule has 2 aliphatic heterocycles. The van der Waals surface area contributed by atoms with Crippen LogP contribution in [0.1, 0.15) is 43.6 Å². The fraction of sp³-hybridized carbons (Fsp3) is 0.500. The van der Waals surface area contributed by atoms with E-state index in [-0.39, 0.29) is 5.91 Å². The summed E-state index contributed by atoms with van der Waals surface area (Å²) in [5.41, 5.74) is 1.42. The fourth-order valence-electron chi connectivity index (χ4n) is 2.41. The topological polar surface area (TPSA) is 47.6 Å². The molecular formula is C14H17BClNO3. The van der Waals surface area contributed by atoms with Crippen LogP contribution in [0.25, 0.3) is 0 Å². The fourth-order valence-corrected chi connectivity index (χ4v) is 2.69. The van der Waals surface area contributed by atoms with Gasteiger partial charge in [0, 0.05) is 22.6 Å². The number of rotatable bonds is 1. The molecule has 4 nitrogen and oxygen atoms in total. The normalized spacial score (nSPS) is 22.9. The molecule has 0 bridgehead atoms. The first-order valence-corrected chi connectivity index (χ1v) is 7.05. The first kappa shape index (κ1) is 13.9. The zero-order valence-corrected chi connectivity index (χ0v) is 12.8. The van der Waals surface area contributed by atoms with E-state index >= 15 is 0 Å². The highest BCUT2D eigenvalue weighted by atomic mass is 35.5. The lowest BCUT2D eigenvalue weighted by atomic mass is 9.77. The average molecular weight is 294 g/mol. The van der Waals surface area contributed by atoms with E-state index in [2.05, 4.69) is 5.32 Å². The second kappa shape index (κ2) is 4.23. The molecular weight excluding hydrogens is 276 g/mol. The smallest absolute Gasteiger partial charge is 0.399 e. The van der Waals surface area contributed by atoms with Crippen LogP contribution >= 0.6 is 11.6 Å². The van der Waals surface area contributed by atoms with Crippen molar-refractivity contribution in [2.24, 2.45) is 0 Å². The Morgan fingerprint density at radius 2 is 1.80 bits per heavy atom. The van der Waals surface area contributed by atoms with E-state index in [1.165, 1.54) is 0 Å². The Morgan fingerprint density at radius 1 is 1.20 bits per heavy atom. The molecule has 1 aromatic carbocycles. The number of benzene rings is 1. The lowest BCUT2D eigenvalue weighted by Crippen LogP contribution is -2.41. The predicted molar refractivity (Wildman–Crippen MR) is 78.3 cm³/mol. The quantitative estimate of drug-likeness (QED) is 0.804. The van der Waals surface area contributed by atoms with Crippen molar-refractivity contribution in [1.82, 2.24) is 5.32 Å². The molecule has 2 heterocycles. The highest BCUT2D eigenvalue weighted by molar-refractivity contribution is 6.65. The molecule has 0 radical (unpaired) electrons. The minimum absolute atomic E-state index is 0.0746. The zero-order valence-electron chi connectivity index (χ0n) is 12.0. The van der Waals surface area contributed by atoms with Crippen LogP contribution in [0.2, 0.25) is 5.02 Å². The molecule has 3 rings (SSSR count). The Kier molecular flexibility index (Phi) is 2.94. The summed E-state index contributed by atoms with van der Waals surface area (Å²) in [6, 6.07) is 3.59. The van der Waals surface area contributed by atoms with Crippen molar-refractivity contribution >= 4 is 30.1 Å². The van der Waals surface area contributed by atoms with Gasteiger partial charge >= 0.3 is 7.12 Å². The number of carbonyl (C=O) groups excluding carboxylic acids is 1. The Labute approximate surface area is 123 Å². The summed E-state index contributed by atoms with van der Waals surface area (Å²) >= 11 is 6.32. The van der Waals surface area contributed by atoms with Gasteiger partial charge in [-0.1, -0.05) is 11.6 Å². The third-order valence-electron chi connectivity index (χ3n) is 4.41. The van der Waals surface area contributed by atoms with Crippen LogP contribution in [0.5, 0.6) is 0 Å². The molecule has 1 N–H and O–H groups in total. The molecule has 2 aliphatic rings. The predicted octanol–water partition coefficient (Wildman–Crippen LogP) is 1.88. The number of fused-ring (bicyclic) bond motifs is 1. The Bertz CT molecular complexity index is 584. The van der Waals surface area contributed by atoms with E-state index in [0.717, 1.165) is 5.56 Å². The van der Waals surface area contributed by atoms with Gasteiger partial charge in [-0.15, -0.1) is 0 Å². The number of hydrogen-bond donors (Lipinski definition) is 1. The highest BCUT2D eigenvalue weighted by Gasteiger charge is 2.52. The summed E-state index contributed by atoms with van der Waals surface area (Å²) in [4.78, 5) is 11.8. The summed E-state index contributed by atoms with van der Waals surface area (Å²) in [7, 11) is -0.550. The number of hydrogen-bond acceptors (Lipinski definition) is 3. The maximum atomic E-state index is 11.8. The first-order valence-electron chi connectivity index (χ1n) is 6.67. The average Bonchev–Trinajstić information content (AvgIpc) is 2.77. The SMILES string of the molecule is CC1(C)OB(c2cc3c(cc2Cl)CNC3=O)OC1(C)C. The molecule has 20 heavy (non-hydrogen) atoms. The van der Waals surface area contributed by atoms with E-state index in [0.29, 0.717) is 22.6 Å². The van der Waals surface area contributed by atoms with Gasteiger partial charge in [-0.3, -0.25) is 4.79 Å². The van der Waals surface area contributed by atoms with Crippen molar-refractivity contribution in [3.05, 3.63) is 28.3 Å². The molecule has 1 aromatic rings. The van der Waals surface area contributed by atoms with E-state index in [4.69, 9.17) is 20.9 Å². The molecule has 0 spiro atoms. The van der Waals surface area contributed by atoms with Crippen molar-refractivity contribution in [2.45, 2.75) is 45.4 Å². The van der Waals surface area contributed by atoms with Crippen LogP contribution in [0, 0.1) is 0 Å². The van der Waals surface area contributed by atoms with Gasteiger partial charge in [-0.05, 0) is 45.4 Å². The molecule has 0 aromatic heterocycles. The highest BCUT2D eigenvalue weighted by Crippen LogP contribution is 2.37. The molecule has 1 amide bonds. The number of halogens is 1. The molecule has 0 saturated carbocycles. The Hall–Kier alpha value is -1.04. The van der Waals surface area contributed by atoms with E-state index in [1.807, 2.05) is 33.8 Å². The van der Waals surface area contributed by atoms with Crippen LogP contribution in [0.3, 0.4) is 0 Å². The van der Waals surface area contributed by atoms with Gasteiger partial charge in [0.1, 0.15) is 0 Å². The second-order valence-corrected chi connectivity index (χ2v) is 6.71. The van der Waals surface area contributed by atoms with Gasteiger partial charge in [0.2, 0.25) is 0 Å². The maximum Gasteiger partial charge on any atom is 0.496 e. The number of amides is 1. The number of carbonyl (C=O) groups is 1. The summed E-state index contributed by atoms with van der Waals surface area (Å²) < 4.78 is 12.0. The molecule has 6 heteroatoms. The van der Waals surface area contributed by atoms with E-state index < -0.39 is 18.3 Å². The first-order chi connectivity index (χ1) is 9.21. The lowest BCUT2D eigenvalue weighted by molar-refractivity contribution is 0.00578. The van der Waals surface area contributed by atoms with Crippen molar-refractivity contribution in [1.29, 1.82) is 0 Å². The van der Waals surface area contributed by atoms with Gasteiger partial charge in [0.05, 0.1) is 11.2 Å². The standard InChI is InChI=1S/C14H17BClNO3/c1-13(2)14(3,4)20-15(19-13)10-6-9-8(5-11(10)16)7-17-12(9)18/h5-6H,7H2,1-4H3,(H,17,18). The summed E-state index contributed by atoms with van der Waals surface area (Å²) in [5, 5.41) is 3.35. The van der Waals surface area contributed by atoms with Crippen LogP contribution in [-0.2, 0) is 15.9 Å². The van der Waals surface area contributed by atoms with E-state index in [9.17, 15) is 4.79 Å². The molecule has 1 saturated heterocycles. The minimum atomic E-state index is -0.550. The largest absolute Gasteiger partial charge is 0.496 e. The third-order valence-corrected chi connectivity index (χ3v) is 4.74. The van der Waals surface area contributed by atoms with E-state index in [1.54, 1.807) is 6.07 Å². The second-order valence-electron chi connectivity index (χ2n) is 6.30. The molecule has 0 atom stereocenters. The van der Waals surface area contributed by atoms with Crippen LogP contribution in [0.4, 0.5) is 0 Å².